The molecule has 0 radical (unpaired) electrons. The minimum Gasteiger partial charge on any atom is -0.503 e. The van der Waals surface area contributed by atoms with Crippen molar-refractivity contribution in [2.75, 3.05) is 13.7 Å². The second-order valence-corrected chi connectivity index (χ2v) is 7.35. The Morgan fingerprint density at radius 3 is 2.70 bits per heavy atom. The number of ketones is 1. The Morgan fingerprint density at radius 1 is 1.30 bits per heavy atom. The van der Waals surface area contributed by atoms with E-state index in [-0.39, 0.29) is 11.3 Å². The van der Waals surface area contributed by atoms with Crippen molar-refractivity contribution in [3.05, 3.63) is 70.4 Å². The Morgan fingerprint density at radius 2 is 2.03 bits per heavy atom. The van der Waals surface area contributed by atoms with Crippen LogP contribution in [0.5, 0.6) is 5.75 Å². The number of furan rings is 1. The van der Waals surface area contributed by atoms with Gasteiger partial charge in [-0.05, 0) is 36.2 Å². The zero-order valence-electron chi connectivity index (χ0n) is 16.4. The second-order valence-electron chi connectivity index (χ2n) is 6.91. The van der Waals surface area contributed by atoms with Crippen LogP contribution < -0.4 is 4.74 Å². The number of ether oxygens (including phenoxy) is 1. The molecule has 0 fully saturated rings. The third kappa shape index (κ3) is 3.21. The molecule has 7 nitrogen and oxygen atoms in total. The van der Waals surface area contributed by atoms with Gasteiger partial charge < -0.3 is 19.2 Å². The number of amides is 1. The molecule has 3 aromatic rings. The van der Waals surface area contributed by atoms with E-state index in [1.807, 2.05) is 6.92 Å². The zero-order valence-corrected chi connectivity index (χ0v) is 17.1. The lowest BCUT2D eigenvalue weighted by molar-refractivity contribution is -0.129. The van der Waals surface area contributed by atoms with E-state index in [2.05, 4.69) is 4.98 Å². The highest BCUT2D eigenvalue weighted by Gasteiger charge is 2.44. The number of halogens is 1. The van der Waals surface area contributed by atoms with Gasteiger partial charge in [0.25, 0.3) is 5.91 Å². The molecule has 1 aliphatic heterocycles. The molecule has 0 spiro atoms. The number of hydrogen-bond donors (Lipinski definition) is 1. The predicted octanol–water partition coefficient (Wildman–Crippen LogP) is 4.48. The number of carbonyl (C=O) groups is 2. The van der Waals surface area contributed by atoms with Gasteiger partial charge >= 0.3 is 0 Å². The van der Waals surface area contributed by atoms with Gasteiger partial charge in [-0.25, -0.2) is 0 Å². The SMILES string of the molecule is CCCN1C(=O)C(O)=C(C(=O)c2cc3cc(Cl)cc(OC)c3o2)C1c1ccncc1. The van der Waals surface area contributed by atoms with E-state index >= 15 is 0 Å². The Hall–Kier alpha value is -3.32. The number of fused-ring (bicyclic) bond motifs is 1. The van der Waals surface area contributed by atoms with Crippen LogP contribution in [0.4, 0.5) is 0 Å². The molecule has 1 amide bonds. The maximum absolute atomic E-state index is 13.4. The van der Waals surface area contributed by atoms with Crippen LogP contribution in [0, 0.1) is 0 Å². The molecule has 8 heteroatoms. The molecule has 0 bridgehead atoms. The summed E-state index contributed by atoms with van der Waals surface area (Å²) in [6.07, 6.45) is 3.83. The summed E-state index contributed by atoms with van der Waals surface area (Å²) >= 11 is 6.10. The number of aliphatic hydroxyl groups is 1. The van der Waals surface area contributed by atoms with E-state index in [4.69, 9.17) is 20.8 Å². The van der Waals surface area contributed by atoms with Crippen LogP contribution in [0.1, 0.15) is 35.5 Å². The molecule has 0 saturated carbocycles. The smallest absolute Gasteiger partial charge is 0.290 e. The molecule has 1 aliphatic rings. The number of Topliss-reactive ketones (excluding diaryl/α,β-unsaturated/α-hetero) is 1. The first-order valence-electron chi connectivity index (χ1n) is 9.42. The summed E-state index contributed by atoms with van der Waals surface area (Å²) in [7, 11) is 1.47. The van der Waals surface area contributed by atoms with E-state index in [9.17, 15) is 14.7 Å². The van der Waals surface area contributed by atoms with Crippen LogP contribution >= 0.6 is 11.6 Å². The Balaban J connectivity index is 1.83. The molecule has 4 rings (SSSR count). The number of aliphatic hydroxyl groups excluding tert-OH is 1. The van der Waals surface area contributed by atoms with Crippen LogP contribution in [0.2, 0.25) is 5.02 Å². The third-order valence-corrected chi connectivity index (χ3v) is 5.24. The maximum Gasteiger partial charge on any atom is 0.290 e. The Labute approximate surface area is 177 Å². The van der Waals surface area contributed by atoms with E-state index in [0.29, 0.717) is 40.3 Å². The number of carbonyl (C=O) groups excluding carboxylic acids is 2. The fourth-order valence-electron chi connectivity index (χ4n) is 3.73. The first-order valence-corrected chi connectivity index (χ1v) is 9.79. The summed E-state index contributed by atoms with van der Waals surface area (Å²) in [5.41, 5.74) is 1.01. The van der Waals surface area contributed by atoms with Gasteiger partial charge in [-0.2, -0.15) is 0 Å². The molecule has 0 saturated heterocycles. The summed E-state index contributed by atoms with van der Waals surface area (Å²) < 4.78 is 11.0. The minimum atomic E-state index is -0.730. The lowest BCUT2D eigenvalue weighted by atomic mass is 9.95. The topological polar surface area (TPSA) is 92.9 Å². The molecule has 1 N–H and O–H groups in total. The lowest BCUT2D eigenvalue weighted by Gasteiger charge is -2.26. The highest BCUT2D eigenvalue weighted by molar-refractivity contribution is 6.31. The van der Waals surface area contributed by atoms with Crippen molar-refractivity contribution in [1.82, 2.24) is 9.88 Å². The van der Waals surface area contributed by atoms with Crippen molar-refractivity contribution in [3.8, 4) is 5.75 Å². The summed E-state index contributed by atoms with van der Waals surface area (Å²) in [4.78, 5) is 31.6. The predicted molar refractivity (Wildman–Crippen MR) is 111 cm³/mol. The average molecular weight is 427 g/mol. The molecule has 1 aromatic carbocycles. The number of nitrogens with zero attached hydrogens (tertiary/aromatic N) is 2. The fourth-order valence-corrected chi connectivity index (χ4v) is 3.95. The Bertz CT molecular complexity index is 1170. The zero-order chi connectivity index (χ0) is 21.4. The molecule has 0 aliphatic carbocycles. The van der Waals surface area contributed by atoms with Crippen LogP contribution in [0.25, 0.3) is 11.0 Å². The van der Waals surface area contributed by atoms with Crippen molar-refractivity contribution < 1.29 is 23.8 Å². The Kier molecular flexibility index (Phi) is 5.22. The van der Waals surface area contributed by atoms with Gasteiger partial charge in [0.1, 0.15) is 0 Å². The molecule has 2 aromatic heterocycles. The lowest BCUT2D eigenvalue weighted by Crippen LogP contribution is -2.31. The summed E-state index contributed by atoms with van der Waals surface area (Å²) in [5.74, 6) is -1.36. The van der Waals surface area contributed by atoms with Crippen molar-refractivity contribution in [3.63, 3.8) is 0 Å². The molecule has 1 unspecified atom stereocenters. The number of methoxy groups -OCH3 is 1. The van der Waals surface area contributed by atoms with Gasteiger partial charge in [0.2, 0.25) is 5.78 Å². The second kappa shape index (κ2) is 7.84. The molecule has 154 valence electrons. The monoisotopic (exact) mass is 426 g/mol. The fraction of sp³-hybridized carbons (Fsp3) is 0.227. The molecular weight excluding hydrogens is 408 g/mol. The van der Waals surface area contributed by atoms with Gasteiger partial charge in [-0.3, -0.25) is 14.6 Å². The quantitative estimate of drug-likeness (QED) is 0.584. The molecule has 30 heavy (non-hydrogen) atoms. The third-order valence-electron chi connectivity index (χ3n) is 5.03. The number of hydrogen-bond acceptors (Lipinski definition) is 6. The standard InChI is InChI=1S/C22H19ClN2O5/c1-3-8-25-18(12-4-6-24-7-5-12)17(20(27)22(25)28)19(26)15-10-13-9-14(23)11-16(29-2)21(13)30-15/h4-7,9-11,18,27H,3,8H2,1-2H3. The average Bonchev–Trinajstić information content (AvgIpc) is 3.28. The molecule has 3 heterocycles. The van der Waals surface area contributed by atoms with Crippen molar-refractivity contribution in [2.24, 2.45) is 0 Å². The summed E-state index contributed by atoms with van der Waals surface area (Å²) in [5, 5.41) is 11.6. The van der Waals surface area contributed by atoms with Gasteiger partial charge in [0.05, 0.1) is 18.7 Å². The van der Waals surface area contributed by atoms with E-state index < -0.39 is 23.5 Å². The van der Waals surface area contributed by atoms with Gasteiger partial charge in [0.15, 0.2) is 22.9 Å². The molecule has 1 atom stereocenters. The van der Waals surface area contributed by atoms with Crippen molar-refractivity contribution >= 4 is 34.3 Å². The van der Waals surface area contributed by atoms with Crippen LogP contribution in [0.15, 0.2) is 58.5 Å². The van der Waals surface area contributed by atoms with Crippen LogP contribution in [-0.4, -0.2) is 40.3 Å². The number of pyridine rings is 1. The van der Waals surface area contributed by atoms with Gasteiger partial charge in [-0.1, -0.05) is 18.5 Å². The minimum absolute atomic E-state index is 0.0164. The van der Waals surface area contributed by atoms with E-state index in [1.54, 1.807) is 36.7 Å². The highest BCUT2D eigenvalue weighted by Crippen LogP contribution is 2.40. The summed E-state index contributed by atoms with van der Waals surface area (Å²) in [6, 6.07) is 7.47. The number of benzene rings is 1. The van der Waals surface area contributed by atoms with Gasteiger partial charge in [0, 0.05) is 35.4 Å². The van der Waals surface area contributed by atoms with Crippen molar-refractivity contribution in [1.29, 1.82) is 0 Å². The maximum atomic E-state index is 13.4. The first-order chi connectivity index (χ1) is 14.5. The number of rotatable bonds is 6. The summed E-state index contributed by atoms with van der Waals surface area (Å²) in [6.45, 7) is 2.30. The largest absolute Gasteiger partial charge is 0.503 e. The van der Waals surface area contributed by atoms with Crippen molar-refractivity contribution in [2.45, 2.75) is 19.4 Å². The van der Waals surface area contributed by atoms with Crippen LogP contribution in [-0.2, 0) is 4.79 Å². The van der Waals surface area contributed by atoms with Gasteiger partial charge in [-0.15, -0.1) is 0 Å². The highest BCUT2D eigenvalue weighted by atomic mass is 35.5. The van der Waals surface area contributed by atoms with Crippen LogP contribution in [0.3, 0.4) is 0 Å². The first kappa shape index (κ1) is 20.0. The number of aromatic nitrogens is 1. The van der Waals surface area contributed by atoms with E-state index in [1.165, 1.54) is 18.1 Å². The normalized spacial score (nSPS) is 16.6. The molecular formula is C22H19ClN2O5. The van der Waals surface area contributed by atoms with E-state index in [0.717, 1.165) is 0 Å².